The number of nitrogens with zero attached hydrogens (tertiary/aromatic N) is 3. The Balaban J connectivity index is 1.77. The molecule has 0 fully saturated rings. The average Bonchev–Trinajstić information content (AvgIpc) is 2.94. The van der Waals surface area contributed by atoms with E-state index in [9.17, 15) is 0 Å². The van der Waals surface area contributed by atoms with Crippen molar-refractivity contribution in [2.24, 2.45) is 12.0 Å². The summed E-state index contributed by atoms with van der Waals surface area (Å²) in [7, 11) is 3.80. The number of unbranched alkanes of at least 4 members (excludes halogenated alkanes) is 1. The zero-order chi connectivity index (χ0) is 21.2. The summed E-state index contributed by atoms with van der Waals surface area (Å²) in [6.07, 6.45) is 4.10. The van der Waals surface area contributed by atoms with Crippen molar-refractivity contribution in [3.8, 4) is 5.75 Å². The maximum atomic E-state index is 5.72. The van der Waals surface area contributed by atoms with Crippen LogP contribution in [0.5, 0.6) is 5.75 Å². The molecule has 29 heavy (non-hydrogen) atoms. The minimum atomic E-state index is 0.266. The van der Waals surface area contributed by atoms with Gasteiger partial charge in [0.1, 0.15) is 5.75 Å². The van der Waals surface area contributed by atoms with Crippen LogP contribution in [-0.2, 0) is 19.9 Å². The first-order valence-corrected chi connectivity index (χ1v) is 10.6. The Labute approximate surface area is 175 Å². The third kappa shape index (κ3) is 7.11. The number of aryl methyl sites for hydroxylation is 2. The van der Waals surface area contributed by atoms with E-state index in [4.69, 9.17) is 4.74 Å². The largest absolute Gasteiger partial charge is 0.494 e. The topological polar surface area (TPSA) is 63.5 Å². The Hall–Kier alpha value is -2.50. The highest BCUT2D eigenvalue weighted by Crippen LogP contribution is 2.14. The molecule has 1 aromatic carbocycles. The number of benzene rings is 1. The molecule has 1 aromatic heterocycles. The van der Waals surface area contributed by atoms with Gasteiger partial charge in [0, 0.05) is 32.4 Å². The standard InChI is InChI=1S/C23H37N5O/c1-7-8-15-29-21-11-9-20(10-12-21)13-14-25-23(24-5)26-17(2)16-22-18(3)27-28(6)19(22)4/h9-12,17H,7-8,13-16H2,1-6H3,(H2,24,25,26). The van der Waals surface area contributed by atoms with Crippen molar-refractivity contribution < 1.29 is 4.74 Å². The quantitative estimate of drug-likeness (QED) is 0.364. The summed E-state index contributed by atoms with van der Waals surface area (Å²) in [5.74, 6) is 1.78. The first kappa shape index (κ1) is 22.8. The van der Waals surface area contributed by atoms with Crippen LogP contribution < -0.4 is 15.4 Å². The lowest BCUT2D eigenvalue weighted by Crippen LogP contribution is -2.43. The van der Waals surface area contributed by atoms with Gasteiger partial charge >= 0.3 is 0 Å². The lowest BCUT2D eigenvalue weighted by molar-refractivity contribution is 0.309. The fourth-order valence-corrected chi connectivity index (χ4v) is 3.31. The van der Waals surface area contributed by atoms with Gasteiger partial charge in [-0.1, -0.05) is 25.5 Å². The Morgan fingerprint density at radius 3 is 2.55 bits per heavy atom. The molecule has 0 saturated heterocycles. The van der Waals surface area contributed by atoms with E-state index in [-0.39, 0.29) is 6.04 Å². The van der Waals surface area contributed by atoms with E-state index < -0.39 is 0 Å². The van der Waals surface area contributed by atoms with Crippen LogP contribution in [0.25, 0.3) is 0 Å². The van der Waals surface area contributed by atoms with E-state index in [2.05, 4.69) is 72.7 Å². The van der Waals surface area contributed by atoms with Crippen LogP contribution in [0.15, 0.2) is 29.3 Å². The van der Waals surface area contributed by atoms with Gasteiger partial charge in [0.05, 0.1) is 12.3 Å². The molecule has 0 aliphatic carbocycles. The van der Waals surface area contributed by atoms with E-state index in [1.165, 1.54) is 16.8 Å². The van der Waals surface area contributed by atoms with Crippen molar-refractivity contribution >= 4 is 5.96 Å². The molecule has 0 bridgehead atoms. The number of aromatic nitrogens is 2. The van der Waals surface area contributed by atoms with Gasteiger partial charge in [-0.25, -0.2) is 0 Å². The van der Waals surface area contributed by atoms with Gasteiger partial charge in [0.15, 0.2) is 5.96 Å². The van der Waals surface area contributed by atoms with Crippen LogP contribution in [0.2, 0.25) is 0 Å². The fraction of sp³-hybridized carbons (Fsp3) is 0.565. The second-order valence-corrected chi connectivity index (χ2v) is 7.62. The van der Waals surface area contributed by atoms with Gasteiger partial charge in [-0.2, -0.15) is 5.10 Å². The van der Waals surface area contributed by atoms with Gasteiger partial charge in [-0.15, -0.1) is 0 Å². The Bertz CT molecular complexity index is 779. The second-order valence-electron chi connectivity index (χ2n) is 7.62. The maximum absolute atomic E-state index is 5.72. The van der Waals surface area contributed by atoms with Crippen molar-refractivity contribution in [1.29, 1.82) is 0 Å². The molecule has 1 heterocycles. The molecule has 0 spiro atoms. The Morgan fingerprint density at radius 2 is 1.97 bits per heavy atom. The molecule has 0 aliphatic rings. The Morgan fingerprint density at radius 1 is 1.24 bits per heavy atom. The number of ether oxygens (including phenoxy) is 1. The normalized spacial score (nSPS) is 12.7. The lowest BCUT2D eigenvalue weighted by atomic mass is 10.1. The summed E-state index contributed by atoms with van der Waals surface area (Å²) in [6.45, 7) is 10.2. The van der Waals surface area contributed by atoms with Gasteiger partial charge in [0.25, 0.3) is 0 Å². The molecular formula is C23H37N5O. The molecule has 2 aromatic rings. The molecule has 6 heteroatoms. The Kier molecular flexibility index (Phi) is 9.03. The molecule has 1 atom stereocenters. The molecule has 0 aliphatic heterocycles. The van der Waals surface area contributed by atoms with Crippen LogP contribution in [0, 0.1) is 13.8 Å². The molecule has 160 valence electrons. The summed E-state index contributed by atoms with van der Waals surface area (Å²) < 4.78 is 7.67. The molecule has 0 amide bonds. The fourth-order valence-electron chi connectivity index (χ4n) is 3.31. The van der Waals surface area contributed by atoms with E-state index in [1.54, 1.807) is 0 Å². The lowest BCUT2D eigenvalue weighted by Gasteiger charge is -2.18. The highest BCUT2D eigenvalue weighted by molar-refractivity contribution is 5.79. The predicted octanol–water partition coefficient (Wildman–Crippen LogP) is 3.55. The molecule has 2 rings (SSSR count). The van der Waals surface area contributed by atoms with Gasteiger partial charge in [0.2, 0.25) is 0 Å². The van der Waals surface area contributed by atoms with Gasteiger partial charge in [-0.3, -0.25) is 9.67 Å². The highest BCUT2D eigenvalue weighted by atomic mass is 16.5. The zero-order valence-corrected chi connectivity index (χ0v) is 18.9. The number of guanidine groups is 1. The van der Waals surface area contributed by atoms with Crippen molar-refractivity contribution in [3.63, 3.8) is 0 Å². The predicted molar refractivity (Wildman–Crippen MR) is 121 cm³/mol. The number of nitrogens with one attached hydrogen (secondary N) is 2. The van der Waals surface area contributed by atoms with Crippen molar-refractivity contribution in [3.05, 3.63) is 46.8 Å². The molecule has 2 N–H and O–H groups in total. The first-order valence-electron chi connectivity index (χ1n) is 10.6. The summed E-state index contributed by atoms with van der Waals surface area (Å²) in [5, 5.41) is 11.4. The van der Waals surface area contributed by atoms with E-state index in [0.717, 1.165) is 56.2 Å². The summed E-state index contributed by atoms with van der Waals surface area (Å²) in [6, 6.07) is 8.64. The van der Waals surface area contributed by atoms with E-state index in [0.29, 0.717) is 0 Å². The third-order valence-electron chi connectivity index (χ3n) is 5.17. The van der Waals surface area contributed by atoms with Crippen LogP contribution in [0.1, 0.15) is 49.2 Å². The molecule has 6 nitrogen and oxygen atoms in total. The minimum absolute atomic E-state index is 0.266. The zero-order valence-electron chi connectivity index (χ0n) is 18.9. The van der Waals surface area contributed by atoms with Crippen LogP contribution >= 0.6 is 0 Å². The molecule has 0 saturated carbocycles. The van der Waals surface area contributed by atoms with Crippen LogP contribution in [-0.4, -0.2) is 42.0 Å². The molecule has 0 radical (unpaired) electrons. The highest BCUT2D eigenvalue weighted by Gasteiger charge is 2.13. The summed E-state index contributed by atoms with van der Waals surface area (Å²) in [4.78, 5) is 4.36. The first-order chi connectivity index (χ1) is 13.9. The van der Waals surface area contributed by atoms with E-state index >= 15 is 0 Å². The number of hydrogen-bond acceptors (Lipinski definition) is 3. The number of hydrogen-bond donors (Lipinski definition) is 2. The average molecular weight is 400 g/mol. The second kappa shape index (κ2) is 11.5. The maximum Gasteiger partial charge on any atom is 0.191 e. The van der Waals surface area contributed by atoms with E-state index in [1.807, 2.05) is 18.8 Å². The SMILES string of the molecule is CCCCOc1ccc(CCNC(=NC)NC(C)Cc2c(C)nn(C)c2C)cc1. The van der Waals surface area contributed by atoms with Gasteiger partial charge < -0.3 is 15.4 Å². The molecular weight excluding hydrogens is 362 g/mol. The van der Waals surface area contributed by atoms with Crippen molar-refractivity contribution in [2.75, 3.05) is 20.2 Å². The number of aliphatic imine (C=N–C) groups is 1. The monoisotopic (exact) mass is 399 g/mol. The summed E-state index contributed by atoms with van der Waals surface area (Å²) >= 11 is 0. The van der Waals surface area contributed by atoms with Crippen LogP contribution in [0.4, 0.5) is 0 Å². The van der Waals surface area contributed by atoms with Crippen molar-refractivity contribution in [2.45, 2.75) is 59.4 Å². The smallest absolute Gasteiger partial charge is 0.191 e. The van der Waals surface area contributed by atoms with Crippen molar-refractivity contribution in [1.82, 2.24) is 20.4 Å². The third-order valence-corrected chi connectivity index (χ3v) is 5.17. The summed E-state index contributed by atoms with van der Waals surface area (Å²) in [5.41, 5.74) is 4.92. The number of rotatable bonds is 10. The van der Waals surface area contributed by atoms with Crippen LogP contribution in [0.3, 0.4) is 0 Å². The molecule has 1 unspecified atom stereocenters. The minimum Gasteiger partial charge on any atom is -0.494 e. The van der Waals surface area contributed by atoms with Gasteiger partial charge in [-0.05, 0) is 63.3 Å².